The van der Waals surface area contributed by atoms with Crippen molar-refractivity contribution in [3.63, 3.8) is 0 Å². The molecule has 36 heavy (non-hydrogen) atoms. The largest absolute Gasteiger partial charge is 0.496 e. The van der Waals surface area contributed by atoms with Crippen LogP contribution in [0.4, 0.5) is 10.6 Å². The molecule has 0 aliphatic carbocycles. The quantitative estimate of drug-likeness (QED) is 0.401. The van der Waals surface area contributed by atoms with Crippen molar-refractivity contribution in [3.05, 3.63) is 59.8 Å². The third-order valence-corrected chi connectivity index (χ3v) is 6.28. The van der Waals surface area contributed by atoms with Gasteiger partial charge in [0.15, 0.2) is 6.29 Å². The molecule has 2 atom stereocenters. The van der Waals surface area contributed by atoms with Gasteiger partial charge in [0, 0.05) is 50.5 Å². The number of nitrogens with zero attached hydrogens (tertiary/aromatic N) is 3. The van der Waals surface area contributed by atoms with Crippen LogP contribution in [0, 0.1) is 0 Å². The average molecular weight is 497 g/mol. The first-order valence-electron chi connectivity index (χ1n) is 12.1. The van der Waals surface area contributed by atoms with E-state index in [2.05, 4.69) is 15.4 Å². The smallest absolute Gasteiger partial charge is 0.413 e. The maximum atomic E-state index is 12.1. The molecule has 4 rings (SSSR count). The van der Waals surface area contributed by atoms with E-state index < -0.39 is 18.3 Å². The molecular weight excluding hydrogens is 464 g/mol. The minimum absolute atomic E-state index is 0.212. The number of hydroxylamine groups is 1. The number of nitrogens with one attached hydrogen (secondary N) is 1. The van der Waals surface area contributed by atoms with E-state index in [0.29, 0.717) is 37.5 Å². The number of para-hydroxylation sites is 1. The number of hydrogen-bond acceptors (Lipinski definition) is 7. The Balaban J connectivity index is 1.32. The van der Waals surface area contributed by atoms with Crippen molar-refractivity contribution in [3.8, 4) is 5.75 Å². The summed E-state index contributed by atoms with van der Waals surface area (Å²) in [5, 5.41) is 9.91. The van der Waals surface area contributed by atoms with Gasteiger partial charge in [-0.3, -0.25) is 14.6 Å². The Bertz CT molecular complexity index is 1050. The molecular formula is C26H32N4O6. The Morgan fingerprint density at radius 2 is 2.11 bits per heavy atom. The summed E-state index contributed by atoms with van der Waals surface area (Å²) in [6.45, 7) is 2.68. The number of pyridine rings is 1. The number of benzene rings is 1. The second-order valence-corrected chi connectivity index (χ2v) is 8.81. The van der Waals surface area contributed by atoms with Crippen LogP contribution in [0.1, 0.15) is 36.8 Å². The number of ether oxygens (including phenoxy) is 2. The van der Waals surface area contributed by atoms with E-state index >= 15 is 0 Å². The third kappa shape index (κ3) is 6.81. The minimum Gasteiger partial charge on any atom is -0.496 e. The topological polar surface area (TPSA) is 113 Å². The summed E-state index contributed by atoms with van der Waals surface area (Å²) < 4.78 is 10.8. The van der Waals surface area contributed by atoms with Gasteiger partial charge in [0.2, 0.25) is 0 Å². The number of aromatic nitrogens is 1. The van der Waals surface area contributed by atoms with Gasteiger partial charge in [-0.05, 0) is 49.1 Å². The molecule has 1 aromatic heterocycles. The van der Waals surface area contributed by atoms with Crippen LogP contribution in [0.3, 0.4) is 0 Å². The maximum Gasteiger partial charge on any atom is 0.413 e. The van der Waals surface area contributed by atoms with Gasteiger partial charge in [-0.15, -0.1) is 0 Å². The van der Waals surface area contributed by atoms with E-state index in [9.17, 15) is 14.7 Å². The highest BCUT2D eigenvalue weighted by Crippen LogP contribution is 2.26. The number of amides is 2. The minimum atomic E-state index is -1.05. The average Bonchev–Trinajstić information content (AvgIpc) is 3.35. The van der Waals surface area contributed by atoms with E-state index in [4.69, 9.17) is 14.3 Å². The summed E-state index contributed by atoms with van der Waals surface area (Å²) in [5.41, 5.74) is 4.09. The predicted octanol–water partition coefficient (Wildman–Crippen LogP) is 3.44. The Labute approximate surface area is 210 Å². The SMILES string of the molecule is COc1ccccc1CN1CC[C@@H](N(C(=O)O)c2ccc(C=CC(=O)NOC3CCCCO3)cn2)C1. The van der Waals surface area contributed by atoms with Crippen molar-refractivity contribution in [1.29, 1.82) is 0 Å². The summed E-state index contributed by atoms with van der Waals surface area (Å²) >= 11 is 0. The Kier molecular flexibility index (Phi) is 8.88. The van der Waals surface area contributed by atoms with E-state index in [-0.39, 0.29) is 6.04 Å². The van der Waals surface area contributed by atoms with Crippen molar-refractivity contribution in [2.24, 2.45) is 0 Å². The van der Waals surface area contributed by atoms with Crippen LogP contribution in [0.25, 0.3) is 6.08 Å². The van der Waals surface area contributed by atoms with Crippen LogP contribution >= 0.6 is 0 Å². The molecule has 1 aromatic carbocycles. The molecule has 0 radical (unpaired) electrons. The van der Waals surface area contributed by atoms with Gasteiger partial charge >= 0.3 is 6.09 Å². The Hall–Kier alpha value is -3.47. The first kappa shape index (κ1) is 25.6. The van der Waals surface area contributed by atoms with Crippen molar-refractivity contribution in [2.75, 3.05) is 31.7 Å². The van der Waals surface area contributed by atoms with E-state index in [1.165, 1.54) is 11.0 Å². The number of carbonyl (C=O) groups excluding carboxylic acids is 1. The molecule has 192 valence electrons. The molecule has 2 N–H and O–H groups in total. The Morgan fingerprint density at radius 3 is 2.83 bits per heavy atom. The molecule has 10 heteroatoms. The number of anilines is 1. The fourth-order valence-electron chi connectivity index (χ4n) is 4.45. The normalized spacial score (nSPS) is 20.4. The summed E-state index contributed by atoms with van der Waals surface area (Å²) in [6, 6.07) is 11.0. The zero-order valence-corrected chi connectivity index (χ0v) is 20.3. The highest BCUT2D eigenvalue weighted by atomic mass is 16.8. The Morgan fingerprint density at radius 1 is 1.25 bits per heavy atom. The lowest BCUT2D eigenvalue weighted by atomic mass is 10.2. The van der Waals surface area contributed by atoms with Crippen LogP contribution in [0.2, 0.25) is 0 Å². The van der Waals surface area contributed by atoms with Crippen molar-refractivity contribution in [2.45, 2.75) is 44.6 Å². The fraction of sp³-hybridized carbons (Fsp3) is 0.423. The lowest BCUT2D eigenvalue weighted by Crippen LogP contribution is -2.41. The summed E-state index contributed by atoms with van der Waals surface area (Å²) in [5.74, 6) is 0.761. The van der Waals surface area contributed by atoms with Crippen LogP contribution in [0.5, 0.6) is 5.75 Å². The molecule has 2 fully saturated rings. The predicted molar refractivity (Wildman–Crippen MR) is 133 cm³/mol. The summed E-state index contributed by atoms with van der Waals surface area (Å²) in [7, 11) is 1.65. The van der Waals surface area contributed by atoms with Crippen LogP contribution < -0.4 is 15.1 Å². The number of carbonyl (C=O) groups is 2. The highest BCUT2D eigenvalue weighted by Gasteiger charge is 2.32. The van der Waals surface area contributed by atoms with Crippen molar-refractivity contribution >= 4 is 23.9 Å². The van der Waals surface area contributed by atoms with Crippen LogP contribution in [-0.2, 0) is 20.9 Å². The van der Waals surface area contributed by atoms with Crippen molar-refractivity contribution < 1.29 is 29.0 Å². The van der Waals surface area contributed by atoms with E-state index in [1.54, 1.807) is 31.5 Å². The van der Waals surface area contributed by atoms with E-state index in [0.717, 1.165) is 37.1 Å². The highest BCUT2D eigenvalue weighted by molar-refractivity contribution is 5.91. The number of rotatable bonds is 9. The molecule has 3 heterocycles. The molecule has 0 bridgehead atoms. The van der Waals surface area contributed by atoms with Gasteiger partial charge < -0.3 is 14.6 Å². The second-order valence-electron chi connectivity index (χ2n) is 8.81. The number of carboxylic acid groups (broad SMARTS) is 1. The number of methoxy groups -OCH3 is 1. The summed E-state index contributed by atoms with van der Waals surface area (Å²) in [6.07, 6.45) is 6.46. The lowest BCUT2D eigenvalue weighted by molar-refractivity contribution is -0.198. The van der Waals surface area contributed by atoms with Gasteiger partial charge in [-0.2, -0.15) is 0 Å². The molecule has 10 nitrogen and oxygen atoms in total. The fourth-order valence-corrected chi connectivity index (χ4v) is 4.45. The zero-order valence-electron chi connectivity index (χ0n) is 20.3. The van der Waals surface area contributed by atoms with Gasteiger partial charge in [0.25, 0.3) is 5.91 Å². The summed E-state index contributed by atoms with van der Waals surface area (Å²) in [4.78, 5) is 37.3. The maximum absolute atomic E-state index is 12.1. The molecule has 2 aromatic rings. The molecule has 1 unspecified atom stereocenters. The molecule has 2 amide bonds. The first-order valence-corrected chi connectivity index (χ1v) is 12.1. The zero-order chi connectivity index (χ0) is 25.3. The second kappa shape index (κ2) is 12.5. The van der Waals surface area contributed by atoms with E-state index in [1.807, 2.05) is 24.3 Å². The first-order chi connectivity index (χ1) is 17.5. The monoisotopic (exact) mass is 496 g/mol. The molecule has 0 saturated carbocycles. The molecule has 0 spiro atoms. The third-order valence-electron chi connectivity index (χ3n) is 6.28. The standard InChI is InChI=1S/C26H32N4O6/c1-34-22-7-3-2-6-20(22)17-29-14-13-21(18-29)30(26(32)33)23-11-9-19(16-27-23)10-12-24(31)28-36-25-8-4-5-15-35-25/h2-3,6-7,9-12,16,21,25H,4-5,8,13-15,17-18H2,1H3,(H,28,31)(H,32,33)/t21-,25?/m1/s1. The molecule has 2 aliphatic rings. The molecule has 2 aliphatic heterocycles. The van der Waals surface area contributed by atoms with Gasteiger partial charge in [-0.1, -0.05) is 18.2 Å². The van der Waals surface area contributed by atoms with Crippen LogP contribution in [-0.4, -0.2) is 66.1 Å². The van der Waals surface area contributed by atoms with Gasteiger partial charge in [0.05, 0.1) is 13.2 Å². The van der Waals surface area contributed by atoms with Gasteiger partial charge in [-0.25, -0.2) is 20.1 Å². The lowest BCUT2D eigenvalue weighted by Gasteiger charge is -2.25. The number of likely N-dealkylation sites (tertiary alicyclic amines) is 1. The molecule has 2 saturated heterocycles. The van der Waals surface area contributed by atoms with Crippen LogP contribution in [0.15, 0.2) is 48.7 Å². The van der Waals surface area contributed by atoms with Gasteiger partial charge in [0.1, 0.15) is 11.6 Å². The van der Waals surface area contributed by atoms with Crippen molar-refractivity contribution in [1.82, 2.24) is 15.4 Å². The number of hydrogen-bond donors (Lipinski definition) is 2.